The summed E-state index contributed by atoms with van der Waals surface area (Å²) in [5.41, 5.74) is 1.27. The van der Waals surface area contributed by atoms with Crippen LogP contribution in [0.2, 0.25) is 0 Å². The minimum Gasteiger partial charge on any atom is -0.457 e. The van der Waals surface area contributed by atoms with E-state index in [9.17, 15) is 0 Å². The molecule has 0 unspecified atom stereocenters. The maximum absolute atomic E-state index is 6.16. The first-order valence-corrected chi connectivity index (χ1v) is 13.2. The molecule has 0 atom stereocenters. The van der Waals surface area contributed by atoms with Gasteiger partial charge in [0.2, 0.25) is 0 Å². The van der Waals surface area contributed by atoms with Crippen molar-refractivity contribution in [3.63, 3.8) is 0 Å². The summed E-state index contributed by atoms with van der Waals surface area (Å²) in [7, 11) is -1.93. The second-order valence-electron chi connectivity index (χ2n) is 8.04. The third-order valence-electron chi connectivity index (χ3n) is 5.89. The Bertz CT molecular complexity index is 1190. The number of hydrogen-bond acceptors (Lipinski definition) is 1. The van der Waals surface area contributed by atoms with E-state index in [1.807, 2.05) is 36.4 Å². The number of ether oxygens (including phenoxy) is 1. The molecule has 0 radical (unpaired) electrons. The molecule has 0 aliphatic carbocycles. The van der Waals surface area contributed by atoms with E-state index in [4.69, 9.17) is 4.74 Å². The van der Waals surface area contributed by atoms with Crippen molar-refractivity contribution in [1.29, 1.82) is 0 Å². The van der Waals surface area contributed by atoms with Gasteiger partial charge in [0.05, 0.1) is 6.16 Å². The van der Waals surface area contributed by atoms with Crippen LogP contribution in [-0.4, -0.2) is 0 Å². The molecule has 0 aliphatic heterocycles. The number of rotatable bonds is 7. The van der Waals surface area contributed by atoms with Gasteiger partial charge in [0, 0.05) is 0 Å². The molecule has 0 aliphatic rings. The Hall–Kier alpha value is -3.67. The summed E-state index contributed by atoms with van der Waals surface area (Å²) < 4.78 is 6.16. The van der Waals surface area contributed by atoms with Gasteiger partial charge in [-0.05, 0) is 66.2 Å². The molecule has 0 bridgehead atoms. The third-order valence-corrected chi connectivity index (χ3v) is 10.3. The zero-order valence-electron chi connectivity index (χ0n) is 18.4. The second-order valence-corrected chi connectivity index (χ2v) is 11.5. The van der Waals surface area contributed by atoms with Gasteiger partial charge in [0.25, 0.3) is 0 Å². The highest BCUT2D eigenvalue weighted by Crippen LogP contribution is 2.58. The Labute approximate surface area is 196 Å². The minimum atomic E-state index is -1.93. The van der Waals surface area contributed by atoms with Gasteiger partial charge in [-0.1, -0.05) is 84.9 Å². The molecule has 0 amide bonds. The Morgan fingerprint density at radius 1 is 0.424 bits per heavy atom. The quantitative estimate of drug-likeness (QED) is 0.246. The van der Waals surface area contributed by atoms with Crippen LogP contribution in [0.25, 0.3) is 0 Å². The normalized spacial score (nSPS) is 11.2. The van der Waals surface area contributed by atoms with Crippen molar-refractivity contribution in [2.75, 3.05) is 0 Å². The van der Waals surface area contributed by atoms with E-state index in [-0.39, 0.29) is 0 Å². The van der Waals surface area contributed by atoms with Crippen LogP contribution in [0.5, 0.6) is 11.5 Å². The molecule has 5 aromatic carbocycles. The van der Waals surface area contributed by atoms with Crippen LogP contribution in [-0.2, 0) is 6.16 Å². The lowest BCUT2D eigenvalue weighted by molar-refractivity contribution is 0.482. The van der Waals surface area contributed by atoms with Crippen LogP contribution in [0.1, 0.15) is 5.56 Å². The van der Waals surface area contributed by atoms with Gasteiger partial charge in [-0.3, -0.25) is 0 Å². The van der Waals surface area contributed by atoms with Gasteiger partial charge >= 0.3 is 0 Å². The summed E-state index contributed by atoms with van der Waals surface area (Å²) in [4.78, 5) is 0. The fraction of sp³-hybridized carbons (Fsp3) is 0.0323. The fourth-order valence-corrected chi connectivity index (χ4v) is 8.60. The smallest absolute Gasteiger partial charge is 0.127 e. The van der Waals surface area contributed by atoms with E-state index in [2.05, 4.69) is 109 Å². The summed E-state index contributed by atoms with van der Waals surface area (Å²) in [6, 6.07) is 51.5. The molecule has 0 heterocycles. The monoisotopic (exact) mass is 445 g/mol. The Balaban J connectivity index is 1.64. The van der Waals surface area contributed by atoms with E-state index >= 15 is 0 Å². The van der Waals surface area contributed by atoms with Crippen molar-refractivity contribution in [3.05, 3.63) is 151 Å². The topological polar surface area (TPSA) is 9.23 Å². The standard InChI is InChI=1S/C31H26OP/c1-5-15-27(16-6-1)32-28-17-13-14-26(24-28)25-33(29-18-7-2-8-19-29,30-20-9-3-10-21-30)31-22-11-4-12-23-31/h1-24H,25H2/q+1. The van der Waals surface area contributed by atoms with Gasteiger partial charge < -0.3 is 4.74 Å². The average Bonchev–Trinajstić information content (AvgIpc) is 2.90. The molecule has 5 aromatic rings. The van der Waals surface area contributed by atoms with Crippen LogP contribution < -0.4 is 20.7 Å². The molecule has 5 rings (SSSR count). The average molecular weight is 446 g/mol. The maximum Gasteiger partial charge on any atom is 0.127 e. The molecule has 0 aromatic heterocycles. The molecular formula is C31H26OP+. The van der Waals surface area contributed by atoms with Crippen molar-refractivity contribution < 1.29 is 4.74 Å². The highest BCUT2D eigenvalue weighted by molar-refractivity contribution is 7.95. The highest BCUT2D eigenvalue weighted by Gasteiger charge is 2.45. The molecule has 0 saturated carbocycles. The van der Waals surface area contributed by atoms with Gasteiger partial charge in [-0.15, -0.1) is 0 Å². The van der Waals surface area contributed by atoms with E-state index in [0.717, 1.165) is 17.7 Å². The van der Waals surface area contributed by atoms with Crippen LogP contribution >= 0.6 is 7.26 Å². The van der Waals surface area contributed by atoms with E-state index < -0.39 is 7.26 Å². The molecule has 33 heavy (non-hydrogen) atoms. The molecule has 0 N–H and O–H groups in total. The minimum absolute atomic E-state index is 0.852. The summed E-state index contributed by atoms with van der Waals surface area (Å²) in [6.07, 6.45) is 0.928. The number of benzene rings is 5. The van der Waals surface area contributed by atoms with Gasteiger partial charge in [-0.25, -0.2) is 0 Å². The zero-order valence-corrected chi connectivity index (χ0v) is 19.3. The van der Waals surface area contributed by atoms with Gasteiger partial charge in [0.1, 0.15) is 34.7 Å². The second kappa shape index (κ2) is 9.86. The lowest BCUT2D eigenvalue weighted by atomic mass is 10.2. The molecule has 0 saturated heterocycles. The lowest BCUT2D eigenvalue weighted by Gasteiger charge is -2.28. The van der Waals surface area contributed by atoms with Crippen molar-refractivity contribution in [1.82, 2.24) is 0 Å². The predicted molar refractivity (Wildman–Crippen MR) is 142 cm³/mol. The summed E-state index contributed by atoms with van der Waals surface area (Å²) >= 11 is 0. The van der Waals surface area contributed by atoms with Crippen molar-refractivity contribution >= 4 is 23.2 Å². The van der Waals surface area contributed by atoms with Crippen molar-refractivity contribution in [2.24, 2.45) is 0 Å². The van der Waals surface area contributed by atoms with Crippen LogP contribution in [0.15, 0.2) is 146 Å². The molecule has 160 valence electrons. The Morgan fingerprint density at radius 2 is 0.848 bits per heavy atom. The van der Waals surface area contributed by atoms with Crippen LogP contribution in [0, 0.1) is 0 Å². The first-order chi connectivity index (χ1) is 16.3. The van der Waals surface area contributed by atoms with Crippen LogP contribution in [0.3, 0.4) is 0 Å². The third kappa shape index (κ3) is 4.60. The van der Waals surface area contributed by atoms with Crippen molar-refractivity contribution in [3.8, 4) is 11.5 Å². The molecule has 0 fully saturated rings. The molecule has 1 nitrogen and oxygen atoms in total. The summed E-state index contributed by atoms with van der Waals surface area (Å²) in [6.45, 7) is 0. The zero-order chi connectivity index (χ0) is 22.3. The lowest BCUT2D eigenvalue weighted by Crippen LogP contribution is -2.32. The first kappa shape index (κ1) is 21.2. The summed E-state index contributed by atoms with van der Waals surface area (Å²) in [5, 5.41) is 4.16. The largest absolute Gasteiger partial charge is 0.457 e. The van der Waals surface area contributed by atoms with Gasteiger partial charge in [0.15, 0.2) is 0 Å². The van der Waals surface area contributed by atoms with Crippen molar-refractivity contribution in [2.45, 2.75) is 6.16 Å². The fourth-order valence-electron chi connectivity index (χ4n) is 4.37. The predicted octanol–water partition coefficient (Wildman–Crippen LogP) is 6.97. The van der Waals surface area contributed by atoms with E-state index in [1.165, 1.54) is 21.5 Å². The Kier molecular flexibility index (Phi) is 6.33. The number of hydrogen-bond donors (Lipinski definition) is 0. The molecular weight excluding hydrogens is 419 g/mol. The molecule has 0 spiro atoms. The maximum atomic E-state index is 6.16. The van der Waals surface area contributed by atoms with E-state index in [1.54, 1.807) is 0 Å². The molecule has 2 heteroatoms. The summed E-state index contributed by atoms with van der Waals surface area (Å²) in [5.74, 6) is 1.72. The van der Waals surface area contributed by atoms with Crippen LogP contribution in [0.4, 0.5) is 0 Å². The Morgan fingerprint density at radius 3 is 1.33 bits per heavy atom. The van der Waals surface area contributed by atoms with Gasteiger partial charge in [-0.2, -0.15) is 0 Å². The number of para-hydroxylation sites is 1. The van der Waals surface area contributed by atoms with E-state index in [0.29, 0.717) is 0 Å². The highest BCUT2D eigenvalue weighted by atomic mass is 31.2. The SMILES string of the molecule is c1ccc(Oc2cccc(C[P+](c3ccccc3)(c3ccccc3)c3ccccc3)c2)cc1. The first-order valence-electron chi connectivity index (χ1n) is 11.2.